The number of anilines is 2. The Labute approximate surface area is 237 Å². The second-order valence-electron chi connectivity index (χ2n) is 8.19. The molecule has 1 heterocycles. The van der Waals surface area contributed by atoms with E-state index < -0.39 is 6.09 Å². The van der Waals surface area contributed by atoms with E-state index in [1.54, 1.807) is 67.6 Å². The van der Waals surface area contributed by atoms with Gasteiger partial charge in [-0.05, 0) is 86.3 Å². The van der Waals surface area contributed by atoms with E-state index in [0.29, 0.717) is 33.6 Å². The molecular weight excluding hydrogens is 618 g/mol. The van der Waals surface area contributed by atoms with Gasteiger partial charge in [-0.25, -0.2) is 4.79 Å². The second kappa shape index (κ2) is 13.2. The molecule has 1 saturated heterocycles. The van der Waals surface area contributed by atoms with Crippen molar-refractivity contribution in [3.05, 3.63) is 92.9 Å². The van der Waals surface area contributed by atoms with Crippen LogP contribution in [0.3, 0.4) is 0 Å². The normalized spacial score (nSPS) is 15.2. The molecule has 3 amide bonds. The molecule has 0 spiro atoms. The number of benzene rings is 2. The molecule has 0 aromatic heterocycles. The summed E-state index contributed by atoms with van der Waals surface area (Å²) in [5.41, 5.74) is 3.13. The number of ketones is 1. The second-order valence-corrected chi connectivity index (χ2v) is 10.1. The van der Waals surface area contributed by atoms with Crippen LogP contribution in [0.15, 0.2) is 81.8 Å². The number of piperidine rings is 1. The first-order chi connectivity index (χ1) is 18.1. The smallest absolute Gasteiger partial charge is 0.410 e. The minimum atomic E-state index is -0.537. The van der Waals surface area contributed by atoms with Gasteiger partial charge in [-0.1, -0.05) is 37.4 Å². The summed E-state index contributed by atoms with van der Waals surface area (Å²) in [5, 5.41) is 5.41. The van der Waals surface area contributed by atoms with E-state index in [0.717, 1.165) is 0 Å². The lowest BCUT2D eigenvalue weighted by Crippen LogP contribution is -2.41. The van der Waals surface area contributed by atoms with Gasteiger partial charge in [0.25, 0.3) is 11.8 Å². The van der Waals surface area contributed by atoms with Crippen LogP contribution >= 0.6 is 31.9 Å². The highest BCUT2D eigenvalue weighted by Crippen LogP contribution is 2.25. The van der Waals surface area contributed by atoms with Crippen LogP contribution in [0.5, 0.6) is 0 Å². The quantitative estimate of drug-likeness (QED) is 0.367. The monoisotopic (exact) mass is 641 g/mol. The van der Waals surface area contributed by atoms with Gasteiger partial charge in [0.05, 0.1) is 28.7 Å². The molecule has 0 radical (unpaired) electrons. The molecule has 1 aliphatic heterocycles. The fraction of sp³-hybridized carbons (Fsp3) is 0.143. The molecule has 0 aliphatic carbocycles. The number of amides is 3. The summed E-state index contributed by atoms with van der Waals surface area (Å²) < 4.78 is 5.55. The maximum absolute atomic E-state index is 13.5. The van der Waals surface area contributed by atoms with Crippen molar-refractivity contribution in [3.8, 4) is 0 Å². The zero-order chi connectivity index (χ0) is 27.8. The van der Waals surface area contributed by atoms with Crippen LogP contribution in [0.2, 0.25) is 0 Å². The lowest BCUT2D eigenvalue weighted by molar-refractivity contribution is -0.113. The highest BCUT2D eigenvalue weighted by Gasteiger charge is 2.30. The predicted molar refractivity (Wildman–Crippen MR) is 156 cm³/mol. The third-order valence-corrected chi connectivity index (χ3v) is 6.02. The molecule has 0 atom stereocenters. The summed E-state index contributed by atoms with van der Waals surface area (Å²) in [4.78, 5) is 51.4. The molecule has 2 N–H and O–H groups in total. The number of carbonyl (C=O) groups is 4. The van der Waals surface area contributed by atoms with Crippen LogP contribution in [0, 0.1) is 0 Å². The van der Waals surface area contributed by atoms with Gasteiger partial charge in [0.1, 0.15) is 0 Å². The zero-order valence-corrected chi connectivity index (χ0v) is 23.7. The van der Waals surface area contributed by atoms with Crippen LogP contribution in [-0.2, 0) is 19.1 Å². The van der Waals surface area contributed by atoms with Gasteiger partial charge in [-0.3, -0.25) is 19.3 Å². The lowest BCUT2D eigenvalue weighted by atomic mass is 9.94. The van der Waals surface area contributed by atoms with Crippen LogP contribution in [0.25, 0.3) is 12.2 Å². The number of hydrogen-bond donors (Lipinski definition) is 2. The Morgan fingerprint density at radius 2 is 1.34 bits per heavy atom. The zero-order valence-electron chi connectivity index (χ0n) is 20.6. The van der Waals surface area contributed by atoms with E-state index in [1.165, 1.54) is 4.90 Å². The average Bonchev–Trinajstić information content (AvgIpc) is 2.86. The Morgan fingerprint density at radius 1 is 0.895 bits per heavy atom. The number of hydrogen-bond acceptors (Lipinski definition) is 5. The summed E-state index contributed by atoms with van der Waals surface area (Å²) in [6, 6.07) is 13.9. The molecule has 38 heavy (non-hydrogen) atoms. The number of rotatable bonds is 7. The summed E-state index contributed by atoms with van der Waals surface area (Å²) >= 11 is 6.09. The van der Waals surface area contributed by atoms with Crippen molar-refractivity contribution in [2.45, 2.75) is 6.92 Å². The van der Waals surface area contributed by atoms with Crippen molar-refractivity contribution < 1.29 is 23.9 Å². The van der Waals surface area contributed by atoms with Gasteiger partial charge in [0, 0.05) is 22.5 Å². The van der Waals surface area contributed by atoms with Crippen molar-refractivity contribution in [2.75, 3.05) is 30.3 Å². The van der Waals surface area contributed by atoms with Gasteiger partial charge >= 0.3 is 6.09 Å². The minimum absolute atomic E-state index is 0.0628. The number of likely N-dealkylation sites (tertiary alicyclic amines) is 1. The molecule has 10 heteroatoms. The summed E-state index contributed by atoms with van der Waals surface area (Å²) in [6.45, 7) is 9.14. The molecule has 3 rings (SSSR count). The van der Waals surface area contributed by atoms with Crippen molar-refractivity contribution in [2.24, 2.45) is 0 Å². The fourth-order valence-corrected chi connectivity index (χ4v) is 3.79. The van der Waals surface area contributed by atoms with E-state index in [4.69, 9.17) is 4.74 Å². The molecule has 2 aromatic carbocycles. The highest BCUT2D eigenvalue weighted by molar-refractivity contribution is 9.12. The fourth-order valence-electron chi connectivity index (χ4n) is 3.60. The summed E-state index contributed by atoms with van der Waals surface area (Å²) in [5.74, 6) is -1.00. The molecule has 0 bridgehead atoms. The van der Waals surface area contributed by atoms with Crippen molar-refractivity contribution >= 4 is 79.1 Å². The molecule has 8 nitrogen and oxygen atoms in total. The van der Waals surface area contributed by atoms with E-state index in [1.807, 2.05) is 0 Å². The molecular formula is C28H25Br2N3O5. The Balaban J connectivity index is 1.96. The van der Waals surface area contributed by atoms with Crippen LogP contribution in [-0.4, -0.2) is 48.3 Å². The largest absolute Gasteiger partial charge is 0.450 e. The van der Waals surface area contributed by atoms with Gasteiger partial charge in [0.2, 0.25) is 0 Å². The highest BCUT2D eigenvalue weighted by atomic mass is 79.9. The van der Waals surface area contributed by atoms with Crippen molar-refractivity contribution in [1.82, 2.24) is 4.90 Å². The summed E-state index contributed by atoms with van der Waals surface area (Å²) in [7, 11) is 0. The third-order valence-electron chi connectivity index (χ3n) is 5.30. The lowest BCUT2D eigenvalue weighted by Gasteiger charge is -2.29. The molecule has 0 unspecified atom stereocenters. The topological polar surface area (TPSA) is 105 Å². The first-order valence-corrected chi connectivity index (χ1v) is 13.0. The van der Waals surface area contributed by atoms with E-state index in [-0.39, 0.29) is 46.3 Å². The molecule has 2 aromatic rings. The SMILES string of the molecule is C=C(Br)C(=O)Nc1cccc(/C=C2\CN(C(=O)OCC)C/C(=C\c3cccc(NC(=O)C(=C)Br)c3)C2=O)c1. The van der Waals surface area contributed by atoms with Gasteiger partial charge in [0.15, 0.2) is 5.78 Å². The van der Waals surface area contributed by atoms with Gasteiger partial charge in [-0.15, -0.1) is 0 Å². The number of nitrogens with one attached hydrogen (secondary N) is 2. The Morgan fingerprint density at radius 3 is 1.74 bits per heavy atom. The van der Waals surface area contributed by atoms with E-state index in [9.17, 15) is 19.2 Å². The number of ether oxygens (including phenoxy) is 1. The Hall–Kier alpha value is -3.76. The number of halogens is 2. The molecule has 0 saturated carbocycles. The van der Waals surface area contributed by atoms with Gasteiger partial charge in [-0.2, -0.15) is 0 Å². The van der Waals surface area contributed by atoms with Crippen LogP contribution in [0.4, 0.5) is 16.2 Å². The predicted octanol–water partition coefficient (Wildman–Crippen LogP) is 5.89. The maximum atomic E-state index is 13.5. The number of nitrogens with zero attached hydrogens (tertiary/aromatic N) is 1. The van der Waals surface area contributed by atoms with Gasteiger partial charge < -0.3 is 15.4 Å². The van der Waals surface area contributed by atoms with E-state index in [2.05, 4.69) is 55.7 Å². The van der Waals surface area contributed by atoms with E-state index >= 15 is 0 Å². The van der Waals surface area contributed by atoms with Crippen molar-refractivity contribution in [1.29, 1.82) is 0 Å². The molecule has 196 valence electrons. The van der Waals surface area contributed by atoms with Crippen LogP contribution in [0.1, 0.15) is 18.1 Å². The van der Waals surface area contributed by atoms with Crippen molar-refractivity contribution in [3.63, 3.8) is 0 Å². The maximum Gasteiger partial charge on any atom is 0.410 e. The molecule has 1 fully saturated rings. The first-order valence-electron chi connectivity index (χ1n) is 11.5. The Bertz CT molecular complexity index is 1290. The average molecular weight is 643 g/mol. The standard InChI is InChI=1S/C28H25Br2N3O5/c1-4-38-28(37)33-15-21(11-19-7-5-9-23(13-19)31-26(35)17(2)29)25(34)22(16-33)12-20-8-6-10-24(14-20)32-27(36)18(3)30/h5-14H,2-4,15-16H2,1H3,(H,31,35)(H,32,36)/b21-11+,22-12+. The molecule has 1 aliphatic rings. The third kappa shape index (κ3) is 7.87. The Kier molecular flexibility index (Phi) is 9.98. The number of carbonyl (C=O) groups excluding carboxylic acids is 4. The number of Topliss-reactive ketones (excluding diaryl/α,β-unsaturated/α-hetero) is 1. The summed E-state index contributed by atoms with van der Waals surface area (Å²) in [6.07, 6.45) is 2.82. The van der Waals surface area contributed by atoms with Crippen LogP contribution < -0.4 is 10.6 Å². The minimum Gasteiger partial charge on any atom is -0.450 e. The first kappa shape index (κ1) is 28.8.